The third-order valence-corrected chi connectivity index (χ3v) is 7.12. The summed E-state index contributed by atoms with van der Waals surface area (Å²) in [6.07, 6.45) is 3.05. The standard InChI is InChI=1S/C27H30N2O5/c1-17(24(30)31)13-15-28-25(32)27(2)14-7-12-23(27)29-26(33)34-16-22-20-10-5-3-8-18(20)19-9-4-6-11-21(19)22/h3-6,8-11,13,22-23H,7,12,14-16H2,1-2H3,(H,28,32)(H,29,33)(H,30,31)/b17-13+. The lowest BCUT2D eigenvalue weighted by Crippen LogP contribution is -2.51. The predicted octanol–water partition coefficient (Wildman–Crippen LogP) is 4.23. The second-order valence-corrected chi connectivity index (χ2v) is 9.23. The van der Waals surface area contributed by atoms with E-state index in [9.17, 15) is 14.4 Å². The minimum absolute atomic E-state index is 0.0272. The van der Waals surface area contributed by atoms with Crippen molar-refractivity contribution in [3.05, 3.63) is 71.3 Å². The molecule has 1 saturated carbocycles. The molecule has 2 atom stereocenters. The van der Waals surface area contributed by atoms with Crippen LogP contribution in [0.25, 0.3) is 11.1 Å². The topological polar surface area (TPSA) is 105 Å². The van der Waals surface area contributed by atoms with E-state index >= 15 is 0 Å². The van der Waals surface area contributed by atoms with Gasteiger partial charge < -0.3 is 20.5 Å². The van der Waals surface area contributed by atoms with Crippen molar-refractivity contribution in [2.45, 2.75) is 45.1 Å². The first-order chi connectivity index (χ1) is 16.3. The molecular formula is C27H30N2O5. The van der Waals surface area contributed by atoms with Gasteiger partial charge in [0.25, 0.3) is 0 Å². The van der Waals surface area contributed by atoms with Crippen LogP contribution in [0, 0.1) is 5.41 Å². The molecule has 178 valence electrons. The van der Waals surface area contributed by atoms with Crippen molar-refractivity contribution >= 4 is 18.0 Å². The van der Waals surface area contributed by atoms with Crippen LogP contribution in [0.1, 0.15) is 50.2 Å². The molecule has 2 unspecified atom stereocenters. The van der Waals surface area contributed by atoms with Crippen LogP contribution < -0.4 is 10.6 Å². The van der Waals surface area contributed by atoms with Crippen LogP contribution in [0.3, 0.4) is 0 Å². The molecule has 2 aliphatic rings. The van der Waals surface area contributed by atoms with Crippen LogP contribution in [-0.2, 0) is 14.3 Å². The van der Waals surface area contributed by atoms with Gasteiger partial charge in [0.2, 0.25) is 5.91 Å². The maximum atomic E-state index is 12.9. The van der Waals surface area contributed by atoms with Gasteiger partial charge in [-0.15, -0.1) is 0 Å². The number of rotatable bonds is 7. The number of carboxylic acids is 1. The molecule has 7 nitrogen and oxygen atoms in total. The smallest absolute Gasteiger partial charge is 0.407 e. The fourth-order valence-corrected chi connectivity index (χ4v) is 5.04. The highest BCUT2D eigenvalue weighted by molar-refractivity contribution is 5.87. The molecule has 0 aromatic heterocycles. The van der Waals surface area contributed by atoms with Crippen LogP contribution in [0.2, 0.25) is 0 Å². The van der Waals surface area contributed by atoms with Crippen LogP contribution in [0.5, 0.6) is 0 Å². The minimum atomic E-state index is -1.02. The Morgan fingerprint density at radius 1 is 1.09 bits per heavy atom. The zero-order valence-electron chi connectivity index (χ0n) is 19.5. The number of carbonyl (C=O) groups excluding carboxylic acids is 2. The third-order valence-electron chi connectivity index (χ3n) is 7.12. The molecule has 2 amide bonds. The summed E-state index contributed by atoms with van der Waals surface area (Å²) in [6.45, 7) is 3.66. The number of hydrogen-bond donors (Lipinski definition) is 3. The van der Waals surface area contributed by atoms with E-state index in [1.165, 1.54) is 24.1 Å². The summed E-state index contributed by atoms with van der Waals surface area (Å²) in [5.41, 5.74) is 4.01. The number of hydrogen-bond acceptors (Lipinski definition) is 4. The minimum Gasteiger partial charge on any atom is -0.478 e. The Morgan fingerprint density at radius 2 is 1.71 bits per heavy atom. The fraction of sp³-hybridized carbons (Fsp3) is 0.370. The monoisotopic (exact) mass is 462 g/mol. The molecule has 0 bridgehead atoms. The normalized spacial score (nSPS) is 21.5. The number of fused-ring (bicyclic) bond motifs is 3. The molecule has 0 aliphatic heterocycles. The van der Waals surface area contributed by atoms with Gasteiger partial charge in [0.1, 0.15) is 6.61 Å². The van der Waals surface area contributed by atoms with Gasteiger partial charge in [0, 0.05) is 24.1 Å². The third kappa shape index (κ3) is 4.55. The average Bonchev–Trinajstić information content (AvgIpc) is 3.36. The van der Waals surface area contributed by atoms with E-state index in [1.807, 2.05) is 31.2 Å². The summed E-state index contributed by atoms with van der Waals surface area (Å²) in [4.78, 5) is 36.5. The Morgan fingerprint density at radius 3 is 2.32 bits per heavy atom. The molecule has 0 saturated heterocycles. The van der Waals surface area contributed by atoms with Gasteiger partial charge in [-0.2, -0.15) is 0 Å². The molecule has 4 rings (SSSR count). The van der Waals surface area contributed by atoms with Gasteiger partial charge in [-0.1, -0.05) is 61.0 Å². The van der Waals surface area contributed by atoms with Crippen molar-refractivity contribution in [2.75, 3.05) is 13.2 Å². The lowest BCUT2D eigenvalue weighted by molar-refractivity contribution is -0.133. The number of carboxylic acid groups (broad SMARTS) is 1. The number of nitrogens with one attached hydrogen (secondary N) is 2. The Kier molecular flexibility index (Phi) is 6.72. The van der Waals surface area contributed by atoms with E-state index in [0.717, 1.165) is 17.5 Å². The van der Waals surface area contributed by atoms with Crippen molar-refractivity contribution in [3.63, 3.8) is 0 Å². The van der Waals surface area contributed by atoms with Gasteiger partial charge in [-0.05, 0) is 48.9 Å². The van der Waals surface area contributed by atoms with E-state index in [2.05, 4.69) is 34.9 Å². The summed E-state index contributed by atoms with van der Waals surface area (Å²) < 4.78 is 5.66. The zero-order valence-corrected chi connectivity index (χ0v) is 19.5. The average molecular weight is 463 g/mol. The van der Waals surface area contributed by atoms with Gasteiger partial charge in [-0.25, -0.2) is 9.59 Å². The molecule has 34 heavy (non-hydrogen) atoms. The van der Waals surface area contributed by atoms with E-state index in [4.69, 9.17) is 9.84 Å². The van der Waals surface area contributed by atoms with Crippen molar-refractivity contribution in [1.29, 1.82) is 0 Å². The summed E-state index contributed by atoms with van der Waals surface area (Å²) in [7, 11) is 0. The van der Waals surface area contributed by atoms with Crippen LogP contribution in [-0.4, -0.2) is 42.3 Å². The molecule has 2 aliphatic carbocycles. The SMILES string of the molecule is C/C(=C\CNC(=O)C1(C)CCCC1NC(=O)OCC1c2ccccc2-c2ccccc21)C(=O)O. The van der Waals surface area contributed by atoms with E-state index in [-0.39, 0.29) is 36.6 Å². The van der Waals surface area contributed by atoms with Crippen LogP contribution in [0.4, 0.5) is 4.79 Å². The predicted molar refractivity (Wildman–Crippen MR) is 128 cm³/mol. The fourth-order valence-electron chi connectivity index (χ4n) is 5.04. The number of ether oxygens (including phenoxy) is 1. The summed E-state index contributed by atoms with van der Waals surface area (Å²) >= 11 is 0. The molecular weight excluding hydrogens is 432 g/mol. The Hall–Kier alpha value is -3.61. The van der Waals surface area contributed by atoms with E-state index in [0.29, 0.717) is 12.8 Å². The van der Waals surface area contributed by atoms with Gasteiger partial charge in [0.15, 0.2) is 0 Å². The molecule has 0 spiro atoms. The van der Waals surface area contributed by atoms with E-state index < -0.39 is 17.5 Å². The first kappa shape index (κ1) is 23.5. The van der Waals surface area contributed by atoms with Crippen molar-refractivity contribution in [1.82, 2.24) is 10.6 Å². The first-order valence-corrected chi connectivity index (χ1v) is 11.6. The van der Waals surface area contributed by atoms with Crippen LogP contribution in [0.15, 0.2) is 60.2 Å². The molecule has 0 radical (unpaired) electrons. The zero-order chi connectivity index (χ0) is 24.3. The van der Waals surface area contributed by atoms with Crippen molar-refractivity contribution < 1.29 is 24.2 Å². The van der Waals surface area contributed by atoms with Crippen LogP contribution >= 0.6 is 0 Å². The summed E-state index contributed by atoms with van der Waals surface area (Å²) in [5, 5.41) is 14.6. The maximum absolute atomic E-state index is 12.9. The molecule has 2 aromatic carbocycles. The molecule has 3 N–H and O–H groups in total. The maximum Gasteiger partial charge on any atom is 0.407 e. The summed E-state index contributed by atoms with van der Waals surface area (Å²) in [5.74, 6) is -1.25. The highest BCUT2D eigenvalue weighted by Gasteiger charge is 2.45. The van der Waals surface area contributed by atoms with Gasteiger partial charge >= 0.3 is 12.1 Å². The largest absolute Gasteiger partial charge is 0.478 e. The number of amides is 2. The van der Waals surface area contributed by atoms with Crippen molar-refractivity contribution in [2.24, 2.45) is 5.41 Å². The van der Waals surface area contributed by atoms with E-state index in [1.54, 1.807) is 0 Å². The first-order valence-electron chi connectivity index (χ1n) is 11.6. The molecule has 0 heterocycles. The summed E-state index contributed by atoms with van der Waals surface area (Å²) in [6, 6.07) is 16.0. The number of carbonyl (C=O) groups is 3. The Balaban J connectivity index is 1.37. The quantitative estimate of drug-likeness (QED) is 0.534. The second kappa shape index (κ2) is 9.71. The highest BCUT2D eigenvalue weighted by Crippen LogP contribution is 2.44. The number of aliphatic carboxylic acids is 1. The molecule has 2 aromatic rings. The van der Waals surface area contributed by atoms with Crippen molar-refractivity contribution in [3.8, 4) is 11.1 Å². The Bertz CT molecular complexity index is 1100. The number of alkyl carbamates (subject to hydrolysis) is 1. The van der Waals surface area contributed by atoms with Gasteiger partial charge in [-0.3, -0.25) is 4.79 Å². The van der Waals surface area contributed by atoms with Gasteiger partial charge in [0.05, 0.1) is 5.41 Å². The lowest BCUT2D eigenvalue weighted by atomic mass is 9.83. The highest BCUT2D eigenvalue weighted by atomic mass is 16.5. The number of benzene rings is 2. The molecule has 7 heteroatoms. The molecule has 1 fully saturated rings. The second-order valence-electron chi connectivity index (χ2n) is 9.23. The Labute approximate surface area is 199 Å². The lowest BCUT2D eigenvalue weighted by Gasteiger charge is -2.30.